The SMILES string of the molecule is CNc1nc(Br)c(Cc2c(C)cc(C)cc2C)s1. The number of rotatable bonds is 3. The summed E-state index contributed by atoms with van der Waals surface area (Å²) in [4.78, 5) is 5.70. The number of aromatic nitrogens is 1. The molecule has 1 aromatic heterocycles. The van der Waals surface area contributed by atoms with Crippen LogP contribution in [0.5, 0.6) is 0 Å². The van der Waals surface area contributed by atoms with Crippen molar-refractivity contribution in [3.8, 4) is 0 Å². The van der Waals surface area contributed by atoms with E-state index < -0.39 is 0 Å². The molecule has 0 fully saturated rings. The molecule has 0 atom stereocenters. The van der Waals surface area contributed by atoms with Gasteiger partial charge in [-0.25, -0.2) is 4.98 Å². The number of aryl methyl sites for hydroxylation is 3. The van der Waals surface area contributed by atoms with Crippen LogP contribution in [0.3, 0.4) is 0 Å². The van der Waals surface area contributed by atoms with E-state index in [1.807, 2.05) is 7.05 Å². The maximum Gasteiger partial charge on any atom is 0.183 e. The molecule has 0 aliphatic carbocycles. The van der Waals surface area contributed by atoms with Gasteiger partial charge in [0.05, 0.1) is 0 Å². The van der Waals surface area contributed by atoms with E-state index in [9.17, 15) is 0 Å². The Morgan fingerprint density at radius 1 is 1.22 bits per heavy atom. The number of thiazole rings is 1. The molecule has 0 saturated heterocycles. The van der Waals surface area contributed by atoms with Crippen molar-refractivity contribution in [1.29, 1.82) is 0 Å². The van der Waals surface area contributed by atoms with Gasteiger partial charge in [0, 0.05) is 18.3 Å². The molecule has 18 heavy (non-hydrogen) atoms. The molecule has 0 amide bonds. The Kier molecular flexibility index (Phi) is 4.07. The number of nitrogens with one attached hydrogen (secondary N) is 1. The van der Waals surface area contributed by atoms with Crippen molar-refractivity contribution in [2.45, 2.75) is 27.2 Å². The summed E-state index contributed by atoms with van der Waals surface area (Å²) in [5.41, 5.74) is 5.46. The van der Waals surface area contributed by atoms with Crippen LogP contribution in [-0.2, 0) is 6.42 Å². The number of benzene rings is 1. The molecule has 2 rings (SSSR count). The van der Waals surface area contributed by atoms with Crippen LogP contribution >= 0.6 is 27.3 Å². The Balaban J connectivity index is 2.36. The van der Waals surface area contributed by atoms with Crippen LogP contribution < -0.4 is 5.32 Å². The van der Waals surface area contributed by atoms with Crippen molar-refractivity contribution < 1.29 is 0 Å². The van der Waals surface area contributed by atoms with E-state index in [4.69, 9.17) is 0 Å². The van der Waals surface area contributed by atoms with E-state index in [1.54, 1.807) is 11.3 Å². The van der Waals surface area contributed by atoms with Gasteiger partial charge in [-0.1, -0.05) is 17.7 Å². The van der Waals surface area contributed by atoms with Crippen LogP contribution in [0, 0.1) is 20.8 Å². The largest absolute Gasteiger partial charge is 0.365 e. The summed E-state index contributed by atoms with van der Waals surface area (Å²) in [5.74, 6) is 0. The molecule has 0 bridgehead atoms. The van der Waals surface area contributed by atoms with E-state index in [0.717, 1.165) is 16.2 Å². The Labute approximate surface area is 121 Å². The lowest BCUT2D eigenvalue weighted by Gasteiger charge is -2.10. The van der Waals surface area contributed by atoms with Gasteiger partial charge in [-0.2, -0.15) is 0 Å². The fourth-order valence-corrected chi connectivity index (χ4v) is 3.69. The highest BCUT2D eigenvalue weighted by molar-refractivity contribution is 9.10. The van der Waals surface area contributed by atoms with E-state index in [0.29, 0.717) is 0 Å². The zero-order valence-electron chi connectivity index (χ0n) is 11.1. The molecule has 2 nitrogen and oxygen atoms in total. The van der Waals surface area contributed by atoms with E-state index in [2.05, 4.69) is 59.1 Å². The minimum Gasteiger partial charge on any atom is -0.365 e. The van der Waals surface area contributed by atoms with Crippen molar-refractivity contribution in [3.05, 3.63) is 43.9 Å². The fraction of sp³-hybridized carbons (Fsp3) is 0.357. The van der Waals surface area contributed by atoms with Gasteiger partial charge in [0.25, 0.3) is 0 Å². The highest BCUT2D eigenvalue weighted by Gasteiger charge is 2.12. The first-order valence-corrected chi connectivity index (χ1v) is 7.52. The molecule has 0 aliphatic rings. The summed E-state index contributed by atoms with van der Waals surface area (Å²) < 4.78 is 0.955. The van der Waals surface area contributed by atoms with Crippen LogP contribution in [0.15, 0.2) is 16.7 Å². The number of halogens is 1. The van der Waals surface area contributed by atoms with Gasteiger partial charge in [-0.15, -0.1) is 11.3 Å². The lowest BCUT2D eigenvalue weighted by Crippen LogP contribution is -1.95. The fourth-order valence-electron chi connectivity index (χ4n) is 2.20. The lowest BCUT2D eigenvalue weighted by atomic mass is 9.97. The maximum atomic E-state index is 4.43. The maximum absolute atomic E-state index is 4.43. The van der Waals surface area contributed by atoms with Gasteiger partial charge in [0.15, 0.2) is 5.13 Å². The van der Waals surface area contributed by atoms with Crippen molar-refractivity contribution in [2.75, 3.05) is 12.4 Å². The Bertz CT molecular complexity index is 552. The molecular weight excluding hydrogens is 308 g/mol. The van der Waals surface area contributed by atoms with Crippen LogP contribution in [0.2, 0.25) is 0 Å². The van der Waals surface area contributed by atoms with Gasteiger partial charge >= 0.3 is 0 Å². The number of hydrogen-bond acceptors (Lipinski definition) is 3. The highest BCUT2D eigenvalue weighted by Crippen LogP contribution is 2.31. The molecule has 0 radical (unpaired) electrons. The van der Waals surface area contributed by atoms with Gasteiger partial charge in [0.1, 0.15) is 4.60 Å². The molecule has 1 aromatic carbocycles. The van der Waals surface area contributed by atoms with E-state index >= 15 is 0 Å². The average Bonchev–Trinajstić information content (AvgIpc) is 2.64. The molecule has 4 heteroatoms. The summed E-state index contributed by atoms with van der Waals surface area (Å²) in [7, 11) is 1.90. The van der Waals surface area contributed by atoms with Crippen LogP contribution in [0.1, 0.15) is 27.1 Å². The second-order valence-electron chi connectivity index (χ2n) is 4.54. The average molecular weight is 325 g/mol. The van der Waals surface area contributed by atoms with E-state index in [-0.39, 0.29) is 0 Å². The standard InChI is InChI=1S/C14H17BrN2S/c1-8-5-9(2)11(10(3)6-8)7-12-13(15)17-14(16-4)18-12/h5-6H,7H2,1-4H3,(H,16,17). The minimum atomic E-state index is 0.942. The minimum absolute atomic E-state index is 0.942. The van der Waals surface area contributed by atoms with Crippen molar-refractivity contribution in [2.24, 2.45) is 0 Å². The third-order valence-corrected chi connectivity index (χ3v) is 5.03. The van der Waals surface area contributed by atoms with Gasteiger partial charge in [-0.05, 0) is 53.4 Å². The molecule has 96 valence electrons. The normalized spacial score (nSPS) is 10.7. The number of hydrogen-bond donors (Lipinski definition) is 1. The summed E-state index contributed by atoms with van der Waals surface area (Å²) in [6, 6.07) is 4.49. The Hall–Kier alpha value is -0.870. The molecular formula is C14H17BrN2S. The van der Waals surface area contributed by atoms with E-state index in [1.165, 1.54) is 27.1 Å². The van der Waals surface area contributed by atoms with Crippen LogP contribution in [0.4, 0.5) is 5.13 Å². The van der Waals surface area contributed by atoms with Gasteiger partial charge < -0.3 is 5.32 Å². The first kappa shape index (κ1) is 13.6. The van der Waals surface area contributed by atoms with Crippen molar-refractivity contribution >= 4 is 32.4 Å². The van der Waals surface area contributed by atoms with Gasteiger partial charge in [0.2, 0.25) is 0 Å². The second-order valence-corrected chi connectivity index (χ2v) is 6.37. The molecule has 1 N–H and O–H groups in total. The number of nitrogens with zero attached hydrogens (tertiary/aromatic N) is 1. The summed E-state index contributed by atoms with van der Waals surface area (Å²) in [6.07, 6.45) is 0.942. The lowest BCUT2D eigenvalue weighted by molar-refractivity contribution is 1.12. The quantitative estimate of drug-likeness (QED) is 0.901. The zero-order valence-corrected chi connectivity index (χ0v) is 13.5. The highest BCUT2D eigenvalue weighted by atomic mass is 79.9. The third-order valence-electron chi connectivity index (χ3n) is 3.04. The molecule has 2 aromatic rings. The van der Waals surface area contributed by atoms with Crippen LogP contribution in [-0.4, -0.2) is 12.0 Å². The van der Waals surface area contributed by atoms with Crippen molar-refractivity contribution in [1.82, 2.24) is 4.98 Å². The summed E-state index contributed by atoms with van der Waals surface area (Å²) >= 11 is 5.25. The monoisotopic (exact) mass is 324 g/mol. The first-order chi connectivity index (χ1) is 8.51. The molecule has 0 aliphatic heterocycles. The Morgan fingerprint density at radius 2 is 1.83 bits per heavy atom. The summed E-state index contributed by atoms with van der Waals surface area (Å²) in [6.45, 7) is 6.51. The third kappa shape index (κ3) is 2.75. The predicted octanol–water partition coefficient (Wildman–Crippen LogP) is 4.46. The molecule has 0 saturated carbocycles. The van der Waals surface area contributed by atoms with Gasteiger partial charge in [-0.3, -0.25) is 0 Å². The first-order valence-electron chi connectivity index (χ1n) is 5.91. The van der Waals surface area contributed by atoms with Crippen LogP contribution in [0.25, 0.3) is 0 Å². The number of anilines is 1. The topological polar surface area (TPSA) is 24.9 Å². The second kappa shape index (κ2) is 5.41. The van der Waals surface area contributed by atoms with Crippen molar-refractivity contribution in [3.63, 3.8) is 0 Å². The molecule has 1 heterocycles. The smallest absolute Gasteiger partial charge is 0.183 e. The molecule has 0 unspecified atom stereocenters. The Morgan fingerprint density at radius 3 is 2.33 bits per heavy atom. The summed E-state index contributed by atoms with van der Waals surface area (Å²) in [5, 5.41) is 4.05. The zero-order chi connectivity index (χ0) is 13.3. The molecule has 0 spiro atoms. The predicted molar refractivity (Wildman–Crippen MR) is 82.8 cm³/mol.